The first-order valence-corrected chi connectivity index (χ1v) is 6.70. The Morgan fingerprint density at radius 1 is 1.35 bits per heavy atom. The predicted molar refractivity (Wildman–Crippen MR) is 73.6 cm³/mol. The van der Waals surface area contributed by atoms with Gasteiger partial charge in [-0.05, 0) is 31.0 Å². The van der Waals surface area contributed by atoms with Crippen LogP contribution in [0, 0.1) is 5.82 Å². The van der Waals surface area contributed by atoms with Crippen molar-refractivity contribution in [2.75, 3.05) is 0 Å². The summed E-state index contributed by atoms with van der Waals surface area (Å²) in [6.45, 7) is 2.16. The summed E-state index contributed by atoms with van der Waals surface area (Å²) in [5, 5.41) is 3.71. The largest absolute Gasteiger partial charge is 0.323 e. The summed E-state index contributed by atoms with van der Waals surface area (Å²) in [6.07, 6.45) is 5.23. The van der Waals surface area contributed by atoms with Gasteiger partial charge in [-0.3, -0.25) is 0 Å². The zero-order valence-electron chi connectivity index (χ0n) is 10.0. The van der Waals surface area contributed by atoms with Gasteiger partial charge >= 0.3 is 0 Å². The van der Waals surface area contributed by atoms with E-state index in [4.69, 9.17) is 5.84 Å². The fourth-order valence-electron chi connectivity index (χ4n) is 1.71. The van der Waals surface area contributed by atoms with Crippen molar-refractivity contribution in [3.8, 4) is 0 Å². The van der Waals surface area contributed by atoms with Crippen LogP contribution < -0.4 is 5.84 Å². The Bertz CT molecular complexity index is 391. The lowest BCUT2D eigenvalue weighted by molar-refractivity contribution is 0.622. The topological polar surface area (TPSA) is 38.4 Å². The number of rotatable bonds is 6. The molecule has 2 N–H and O–H groups in total. The molecule has 0 heterocycles. The molecule has 0 aliphatic carbocycles. The van der Waals surface area contributed by atoms with Crippen molar-refractivity contribution in [2.24, 2.45) is 10.9 Å². The summed E-state index contributed by atoms with van der Waals surface area (Å²) in [7, 11) is 0. The highest BCUT2D eigenvalue weighted by atomic mass is 79.9. The third-order valence-electron chi connectivity index (χ3n) is 2.66. The van der Waals surface area contributed by atoms with Gasteiger partial charge in [-0.25, -0.2) is 4.39 Å². The molecule has 1 aromatic carbocycles. The van der Waals surface area contributed by atoms with Crippen molar-refractivity contribution in [3.63, 3.8) is 0 Å². The number of hydrogen-bond acceptors (Lipinski definition) is 2. The van der Waals surface area contributed by atoms with Crippen LogP contribution in [0.15, 0.2) is 27.8 Å². The van der Waals surface area contributed by atoms with Gasteiger partial charge in [0.15, 0.2) is 0 Å². The Kier molecular flexibility index (Phi) is 6.19. The normalized spacial score (nSPS) is 11.8. The van der Waals surface area contributed by atoms with Crippen molar-refractivity contribution >= 4 is 21.6 Å². The second kappa shape index (κ2) is 7.43. The standard InChI is InChI=1S/C13H18BrFN2/c1-2-3-4-5-6-13(17-16)11-9-10(14)7-8-12(11)15/h7-9H,2-6,16H2,1H3/b17-13-. The lowest BCUT2D eigenvalue weighted by Crippen LogP contribution is -2.07. The van der Waals surface area contributed by atoms with Crippen LogP contribution in [0.5, 0.6) is 0 Å². The molecule has 0 bridgehead atoms. The van der Waals surface area contributed by atoms with E-state index in [9.17, 15) is 4.39 Å². The quantitative estimate of drug-likeness (QED) is 0.363. The van der Waals surface area contributed by atoms with Crippen LogP contribution in [0.3, 0.4) is 0 Å². The van der Waals surface area contributed by atoms with Crippen LogP contribution in [0.25, 0.3) is 0 Å². The molecule has 94 valence electrons. The Labute approximate surface area is 110 Å². The van der Waals surface area contributed by atoms with E-state index in [2.05, 4.69) is 28.0 Å². The third kappa shape index (κ3) is 4.46. The van der Waals surface area contributed by atoms with Gasteiger partial charge in [0.2, 0.25) is 0 Å². The Morgan fingerprint density at radius 2 is 2.12 bits per heavy atom. The molecule has 0 aromatic heterocycles. The molecule has 4 heteroatoms. The molecule has 0 aliphatic rings. The molecule has 0 unspecified atom stereocenters. The highest BCUT2D eigenvalue weighted by Crippen LogP contribution is 2.18. The molecule has 0 saturated carbocycles. The van der Waals surface area contributed by atoms with Crippen molar-refractivity contribution in [2.45, 2.75) is 39.0 Å². The Balaban J connectivity index is 2.70. The van der Waals surface area contributed by atoms with E-state index in [1.54, 1.807) is 12.1 Å². The summed E-state index contributed by atoms with van der Waals surface area (Å²) in [5.74, 6) is 5.07. The number of unbranched alkanes of at least 4 members (excludes halogenated alkanes) is 3. The first-order valence-electron chi connectivity index (χ1n) is 5.91. The van der Waals surface area contributed by atoms with Crippen LogP contribution in [0.2, 0.25) is 0 Å². The fraction of sp³-hybridized carbons (Fsp3) is 0.462. The zero-order valence-corrected chi connectivity index (χ0v) is 11.6. The van der Waals surface area contributed by atoms with Crippen LogP contribution in [0.1, 0.15) is 44.6 Å². The highest BCUT2D eigenvalue weighted by molar-refractivity contribution is 9.10. The van der Waals surface area contributed by atoms with Gasteiger partial charge in [0.05, 0.1) is 5.71 Å². The lowest BCUT2D eigenvalue weighted by Gasteiger charge is -2.07. The molecule has 0 aliphatic heterocycles. The lowest BCUT2D eigenvalue weighted by atomic mass is 10.0. The van der Waals surface area contributed by atoms with Crippen molar-refractivity contribution < 1.29 is 4.39 Å². The number of nitrogens with two attached hydrogens (primary N) is 1. The minimum atomic E-state index is -0.270. The van der Waals surface area contributed by atoms with Crippen LogP contribution >= 0.6 is 15.9 Å². The summed E-state index contributed by atoms with van der Waals surface area (Å²) in [5.41, 5.74) is 1.14. The second-order valence-electron chi connectivity index (χ2n) is 4.01. The molecular formula is C13H18BrFN2. The van der Waals surface area contributed by atoms with E-state index in [0.717, 1.165) is 23.7 Å². The maximum absolute atomic E-state index is 13.6. The van der Waals surface area contributed by atoms with E-state index in [1.807, 2.05) is 0 Å². The number of hydrazone groups is 1. The molecule has 1 rings (SSSR count). The van der Waals surface area contributed by atoms with E-state index in [-0.39, 0.29) is 5.82 Å². The summed E-state index contributed by atoms with van der Waals surface area (Å²) < 4.78 is 14.5. The van der Waals surface area contributed by atoms with E-state index < -0.39 is 0 Å². The van der Waals surface area contributed by atoms with E-state index >= 15 is 0 Å². The highest BCUT2D eigenvalue weighted by Gasteiger charge is 2.09. The number of halogens is 2. The van der Waals surface area contributed by atoms with Crippen LogP contribution in [-0.4, -0.2) is 5.71 Å². The minimum absolute atomic E-state index is 0.270. The molecule has 0 radical (unpaired) electrons. The average molecular weight is 301 g/mol. The first kappa shape index (κ1) is 14.2. The van der Waals surface area contributed by atoms with Crippen LogP contribution in [-0.2, 0) is 0 Å². The predicted octanol–water partition coefficient (Wildman–Crippen LogP) is 4.22. The SMILES string of the molecule is CCCCCC/C(=N/N)c1cc(Br)ccc1F. The summed E-state index contributed by atoms with van der Waals surface area (Å²) in [4.78, 5) is 0. The molecule has 2 nitrogen and oxygen atoms in total. The molecule has 1 aromatic rings. The molecule has 0 atom stereocenters. The maximum Gasteiger partial charge on any atom is 0.132 e. The van der Waals surface area contributed by atoms with Gasteiger partial charge in [0, 0.05) is 10.0 Å². The molecule has 0 amide bonds. The van der Waals surface area contributed by atoms with Gasteiger partial charge in [0.25, 0.3) is 0 Å². The smallest absolute Gasteiger partial charge is 0.132 e. The summed E-state index contributed by atoms with van der Waals surface area (Å²) >= 11 is 3.32. The fourth-order valence-corrected chi connectivity index (χ4v) is 2.07. The van der Waals surface area contributed by atoms with E-state index in [1.165, 1.54) is 18.9 Å². The van der Waals surface area contributed by atoms with Crippen molar-refractivity contribution in [1.29, 1.82) is 0 Å². The molecule has 17 heavy (non-hydrogen) atoms. The Morgan fingerprint density at radius 3 is 2.76 bits per heavy atom. The number of benzene rings is 1. The molecule has 0 spiro atoms. The van der Waals surface area contributed by atoms with Gasteiger partial charge in [-0.15, -0.1) is 0 Å². The van der Waals surface area contributed by atoms with E-state index in [0.29, 0.717) is 11.3 Å². The molecular weight excluding hydrogens is 283 g/mol. The average Bonchev–Trinajstić information content (AvgIpc) is 2.33. The third-order valence-corrected chi connectivity index (χ3v) is 3.16. The van der Waals surface area contributed by atoms with Gasteiger partial charge < -0.3 is 5.84 Å². The van der Waals surface area contributed by atoms with Gasteiger partial charge in [-0.1, -0.05) is 42.1 Å². The van der Waals surface area contributed by atoms with Crippen LogP contribution in [0.4, 0.5) is 4.39 Å². The Hall–Kier alpha value is -0.900. The molecule has 0 saturated heterocycles. The van der Waals surface area contributed by atoms with Crippen molar-refractivity contribution in [3.05, 3.63) is 34.1 Å². The van der Waals surface area contributed by atoms with Gasteiger partial charge in [-0.2, -0.15) is 5.10 Å². The zero-order chi connectivity index (χ0) is 12.7. The maximum atomic E-state index is 13.6. The van der Waals surface area contributed by atoms with Gasteiger partial charge in [0.1, 0.15) is 5.82 Å². The number of nitrogens with zero attached hydrogens (tertiary/aromatic N) is 1. The summed E-state index contributed by atoms with van der Waals surface area (Å²) in [6, 6.07) is 4.82. The molecule has 0 fully saturated rings. The minimum Gasteiger partial charge on any atom is -0.323 e. The first-order chi connectivity index (χ1) is 8.19. The monoisotopic (exact) mass is 300 g/mol. The number of hydrogen-bond donors (Lipinski definition) is 1. The van der Waals surface area contributed by atoms with Crippen molar-refractivity contribution in [1.82, 2.24) is 0 Å². The second-order valence-corrected chi connectivity index (χ2v) is 4.93.